The number of nitrogens with one attached hydrogen (secondary N) is 2. The fourth-order valence-corrected chi connectivity index (χ4v) is 3.30. The molecule has 1 aliphatic heterocycles. The molecule has 0 radical (unpaired) electrons. The SMILES string of the molecule is CCCc1noc(C(C)N2CCCC(C(=O)NCCNC(=O)OC(C)(C)C)C2)n1. The first-order valence-corrected chi connectivity index (χ1v) is 10.5. The standard InChI is InChI=1S/C20H35N5O4/c1-6-8-16-23-18(29-24-16)14(2)25-12-7-9-15(13-25)17(26)21-10-11-22-19(27)28-20(3,4)5/h14-15H,6-13H2,1-5H3,(H,21,26)(H,22,27). The summed E-state index contributed by atoms with van der Waals surface area (Å²) in [5, 5.41) is 9.57. The average molecular weight is 410 g/mol. The lowest BCUT2D eigenvalue weighted by Gasteiger charge is -2.34. The quantitative estimate of drug-likeness (QED) is 0.635. The van der Waals surface area contributed by atoms with E-state index in [4.69, 9.17) is 9.26 Å². The van der Waals surface area contributed by atoms with Crippen LogP contribution in [0.2, 0.25) is 0 Å². The highest BCUT2D eigenvalue weighted by Crippen LogP contribution is 2.26. The van der Waals surface area contributed by atoms with Crippen molar-refractivity contribution in [3.05, 3.63) is 11.7 Å². The third-order valence-corrected chi connectivity index (χ3v) is 4.78. The lowest BCUT2D eigenvalue weighted by molar-refractivity contribution is -0.127. The van der Waals surface area contributed by atoms with Crippen LogP contribution in [0.1, 0.15) is 71.6 Å². The summed E-state index contributed by atoms with van der Waals surface area (Å²) in [7, 11) is 0. The highest BCUT2D eigenvalue weighted by molar-refractivity contribution is 5.79. The first-order valence-electron chi connectivity index (χ1n) is 10.5. The summed E-state index contributed by atoms with van der Waals surface area (Å²) in [5.41, 5.74) is -0.536. The fraction of sp³-hybridized carbons (Fsp3) is 0.800. The summed E-state index contributed by atoms with van der Waals surface area (Å²) in [6, 6.07) is -0.0162. The summed E-state index contributed by atoms with van der Waals surface area (Å²) >= 11 is 0. The molecule has 9 heteroatoms. The Morgan fingerprint density at radius 3 is 2.72 bits per heavy atom. The van der Waals surface area contributed by atoms with Crippen LogP contribution in [0.25, 0.3) is 0 Å². The third-order valence-electron chi connectivity index (χ3n) is 4.78. The van der Waals surface area contributed by atoms with E-state index >= 15 is 0 Å². The molecule has 1 saturated heterocycles. The van der Waals surface area contributed by atoms with Crippen molar-refractivity contribution < 1.29 is 18.8 Å². The number of hydrogen-bond donors (Lipinski definition) is 2. The van der Waals surface area contributed by atoms with Crippen molar-refractivity contribution in [2.24, 2.45) is 5.92 Å². The zero-order valence-corrected chi connectivity index (χ0v) is 18.3. The average Bonchev–Trinajstić information content (AvgIpc) is 3.12. The number of aromatic nitrogens is 2. The van der Waals surface area contributed by atoms with Crippen molar-refractivity contribution in [3.8, 4) is 0 Å². The van der Waals surface area contributed by atoms with Gasteiger partial charge in [-0.15, -0.1) is 0 Å². The van der Waals surface area contributed by atoms with Gasteiger partial charge in [0.1, 0.15) is 5.60 Å². The monoisotopic (exact) mass is 409 g/mol. The molecule has 1 fully saturated rings. The van der Waals surface area contributed by atoms with Crippen LogP contribution in [0.5, 0.6) is 0 Å². The number of rotatable bonds is 8. The molecular formula is C20H35N5O4. The summed E-state index contributed by atoms with van der Waals surface area (Å²) in [6.45, 7) is 11.8. The molecule has 29 heavy (non-hydrogen) atoms. The van der Waals surface area contributed by atoms with Crippen LogP contribution in [-0.4, -0.2) is 58.8 Å². The van der Waals surface area contributed by atoms with Crippen LogP contribution in [-0.2, 0) is 16.0 Å². The smallest absolute Gasteiger partial charge is 0.407 e. The van der Waals surface area contributed by atoms with E-state index in [-0.39, 0.29) is 17.9 Å². The van der Waals surface area contributed by atoms with Crippen molar-refractivity contribution in [1.29, 1.82) is 0 Å². The fourth-order valence-electron chi connectivity index (χ4n) is 3.30. The summed E-state index contributed by atoms with van der Waals surface area (Å²) in [5.74, 6) is 1.25. The molecule has 0 aromatic carbocycles. The number of ether oxygens (including phenoxy) is 1. The van der Waals surface area contributed by atoms with Crippen LogP contribution >= 0.6 is 0 Å². The highest BCUT2D eigenvalue weighted by Gasteiger charge is 2.30. The number of likely N-dealkylation sites (tertiary alicyclic amines) is 1. The van der Waals surface area contributed by atoms with Gasteiger partial charge in [0.25, 0.3) is 0 Å². The van der Waals surface area contributed by atoms with Gasteiger partial charge in [-0.25, -0.2) is 4.79 Å². The lowest BCUT2D eigenvalue weighted by atomic mass is 9.96. The summed E-state index contributed by atoms with van der Waals surface area (Å²) in [6.07, 6.45) is 3.08. The summed E-state index contributed by atoms with van der Waals surface area (Å²) in [4.78, 5) is 30.9. The molecule has 2 heterocycles. The Labute approximate surface area is 172 Å². The molecule has 2 N–H and O–H groups in total. The van der Waals surface area contributed by atoms with Gasteiger partial charge in [0.2, 0.25) is 11.8 Å². The summed E-state index contributed by atoms with van der Waals surface area (Å²) < 4.78 is 10.6. The minimum atomic E-state index is -0.536. The molecule has 2 amide bonds. The maximum absolute atomic E-state index is 12.5. The van der Waals surface area contributed by atoms with Gasteiger partial charge in [-0.1, -0.05) is 12.1 Å². The van der Waals surface area contributed by atoms with E-state index < -0.39 is 11.7 Å². The molecule has 9 nitrogen and oxygen atoms in total. The molecule has 164 valence electrons. The van der Waals surface area contributed by atoms with Gasteiger partial charge in [-0.3, -0.25) is 9.69 Å². The molecule has 0 spiro atoms. The van der Waals surface area contributed by atoms with Gasteiger partial charge < -0.3 is 19.9 Å². The number of hydrogen-bond acceptors (Lipinski definition) is 7. The van der Waals surface area contributed by atoms with Crippen molar-refractivity contribution in [2.45, 2.75) is 71.9 Å². The van der Waals surface area contributed by atoms with Gasteiger partial charge in [0, 0.05) is 26.1 Å². The molecule has 0 saturated carbocycles. The predicted molar refractivity (Wildman–Crippen MR) is 108 cm³/mol. The van der Waals surface area contributed by atoms with E-state index in [1.807, 2.05) is 27.7 Å². The first kappa shape index (κ1) is 23.1. The second-order valence-electron chi connectivity index (χ2n) is 8.53. The van der Waals surface area contributed by atoms with Crippen LogP contribution in [0.3, 0.4) is 0 Å². The number of amides is 2. The van der Waals surface area contributed by atoms with E-state index in [1.165, 1.54) is 0 Å². The Morgan fingerprint density at radius 2 is 2.03 bits per heavy atom. The number of nitrogens with zero attached hydrogens (tertiary/aromatic N) is 3. The van der Waals surface area contributed by atoms with E-state index in [0.717, 1.165) is 38.1 Å². The van der Waals surface area contributed by atoms with Gasteiger partial charge in [-0.2, -0.15) is 4.98 Å². The zero-order valence-electron chi connectivity index (χ0n) is 18.3. The topological polar surface area (TPSA) is 110 Å². The highest BCUT2D eigenvalue weighted by atomic mass is 16.6. The van der Waals surface area contributed by atoms with Gasteiger partial charge in [-0.05, 0) is 53.5 Å². The molecule has 0 aliphatic carbocycles. The molecule has 1 aliphatic rings. The maximum Gasteiger partial charge on any atom is 0.407 e. The molecule has 2 rings (SSSR count). The van der Waals surface area contributed by atoms with Gasteiger partial charge in [0.15, 0.2) is 5.82 Å². The maximum atomic E-state index is 12.5. The van der Waals surface area contributed by atoms with Crippen LogP contribution < -0.4 is 10.6 Å². The van der Waals surface area contributed by atoms with Crippen molar-refractivity contribution in [1.82, 2.24) is 25.7 Å². The molecule has 0 bridgehead atoms. The Morgan fingerprint density at radius 1 is 1.31 bits per heavy atom. The zero-order chi connectivity index (χ0) is 21.4. The Bertz CT molecular complexity index is 670. The van der Waals surface area contributed by atoms with E-state index in [9.17, 15) is 9.59 Å². The Balaban J connectivity index is 1.76. The Kier molecular flexibility index (Phi) is 8.43. The third kappa shape index (κ3) is 7.64. The molecular weight excluding hydrogens is 374 g/mol. The van der Waals surface area contributed by atoms with E-state index in [2.05, 4.69) is 32.6 Å². The number of carbonyl (C=O) groups is 2. The lowest BCUT2D eigenvalue weighted by Crippen LogP contribution is -2.45. The van der Waals surface area contributed by atoms with Crippen LogP contribution in [0.15, 0.2) is 4.52 Å². The second kappa shape index (κ2) is 10.6. The van der Waals surface area contributed by atoms with Gasteiger partial charge >= 0.3 is 6.09 Å². The van der Waals surface area contributed by atoms with E-state index in [0.29, 0.717) is 25.5 Å². The number of alkyl carbamates (subject to hydrolysis) is 1. The number of aryl methyl sites for hydroxylation is 1. The van der Waals surface area contributed by atoms with Gasteiger partial charge in [0.05, 0.1) is 12.0 Å². The largest absolute Gasteiger partial charge is 0.444 e. The number of piperidine rings is 1. The molecule has 2 atom stereocenters. The van der Waals surface area contributed by atoms with Crippen LogP contribution in [0, 0.1) is 5.92 Å². The minimum absolute atomic E-state index is 0.00471. The van der Waals surface area contributed by atoms with Crippen molar-refractivity contribution in [2.75, 3.05) is 26.2 Å². The van der Waals surface area contributed by atoms with Crippen LogP contribution in [0.4, 0.5) is 4.79 Å². The normalized spacial score (nSPS) is 18.9. The number of carbonyl (C=O) groups excluding carboxylic acids is 2. The molecule has 2 unspecified atom stereocenters. The minimum Gasteiger partial charge on any atom is -0.444 e. The Hall–Kier alpha value is -2.16. The molecule has 1 aromatic heterocycles. The van der Waals surface area contributed by atoms with Crippen molar-refractivity contribution >= 4 is 12.0 Å². The van der Waals surface area contributed by atoms with Crippen molar-refractivity contribution in [3.63, 3.8) is 0 Å². The first-order chi connectivity index (χ1) is 13.7. The van der Waals surface area contributed by atoms with E-state index in [1.54, 1.807) is 0 Å². The predicted octanol–water partition coefficient (Wildman–Crippen LogP) is 2.44. The molecule has 1 aromatic rings. The second-order valence-corrected chi connectivity index (χ2v) is 8.53.